The first-order valence-electron chi connectivity index (χ1n) is 5.04. The number of nitrogens with zero attached hydrogens (tertiary/aromatic N) is 1. The van der Waals surface area contributed by atoms with E-state index in [0.717, 1.165) is 24.1 Å². The normalized spacial score (nSPS) is 19.3. The van der Waals surface area contributed by atoms with E-state index in [0.29, 0.717) is 6.10 Å². The van der Waals surface area contributed by atoms with Crippen molar-refractivity contribution in [2.45, 2.75) is 12.6 Å². The molecule has 15 heavy (non-hydrogen) atoms. The Balaban J connectivity index is 2.20. The van der Waals surface area contributed by atoms with E-state index in [1.54, 1.807) is 6.07 Å². The number of fused-ring (bicyclic) bond motifs is 1. The molecule has 0 radical (unpaired) electrons. The van der Waals surface area contributed by atoms with Gasteiger partial charge in [0, 0.05) is 17.6 Å². The van der Waals surface area contributed by atoms with Crippen LogP contribution in [0.25, 0.3) is 10.9 Å². The van der Waals surface area contributed by atoms with Gasteiger partial charge in [-0.05, 0) is 12.1 Å². The maximum atomic E-state index is 11.6. The van der Waals surface area contributed by atoms with Crippen molar-refractivity contribution in [3.8, 4) is 0 Å². The molecule has 1 aliphatic heterocycles. The minimum absolute atomic E-state index is 0.0820. The molecule has 1 saturated heterocycles. The molecule has 0 amide bonds. The molecule has 3 nitrogen and oxygen atoms in total. The van der Waals surface area contributed by atoms with E-state index in [-0.39, 0.29) is 5.43 Å². The van der Waals surface area contributed by atoms with Crippen LogP contribution in [0.2, 0.25) is 0 Å². The van der Waals surface area contributed by atoms with Gasteiger partial charge in [-0.15, -0.1) is 0 Å². The summed E-state index contributed by atoms with van der Waals surface area (Å²) in [5, 5.41) is 0.778. The van der Waals surface area contributed by atoms with Gasteiger partial charge in [-0.2, -0.15) is 0 Å². The molecule has 1 aromatic carbocycles. The van der Waals surface area contributed by atoms with Gasteiger partial charge in [0.2, 0.25) is 0 Å². The van der Waals surface area contributed by atoms with Gasteiger partial charge >= 0.3 is 0 Å². The fraction of sp³-hybridized carbons (Fsp3) is 0.250. The van der Waals surface area contributed by atoms with Crippen molar-refractivity contribution in [1.29, 1.82) is 0 Å². The molecule has 76 valence electrons. The number of benzene rings is 1. The van der Waals surface area contributed by atoms with E-state index in [1.165, 1.54) is 0 Å². The Morgan fingerprint density at radius 3 is 2.93 bits per heavy atom. The van der Waals surface area contributed by atoms with E-state index in [1.807, 2.05) is 30.5 Å². The quantitative estimate of drug-likeness (QED) is 0.688. The van der Waals surface area contributed by atoms with Gasteiger partial charge in [-0.25, -0.2) is 0 Å². The minimum Gasteiger partial charge on any atom is -0.371 e. The SMILES string of the molecule is O=c1ccn(CC2CO2)c2ccccc12. The molecule has 0 bridgehead atoms. The number of aromatic nitrogens is 1. The predicted octanol–water partition coefficient (Wildman–Crippen LogP) is 1.40. The Hall–Kier alpha value is -1.61. The molecule has 1 aliphatic rings. The van der Waals surface area contributed by atoms with Gasteiger partial charge in [-0.3, -0.25) is 4.79 Å². The second kappa shape index (κ2) is 3.21. The van der Waals surface area contributed by atoms with Gasteiger partial charge in [-0.1, -0.05) is 12.1 Å². The largest absolute Gasteiger partial charge is 0.371 e. The molecule has 1 unspecified atom stereocenters. The number of para-hydroxylation sites is 1. The van der Waals surface area contributed by atoms with Crippen LogP contribution in [0.15, 0.2) is 41.3 Å². The van der Waals surface area contributed by atoms with Crippen molar-refractivity contribution < 1.29 is 4.74 Å². The Kier molecular flexibility index (Phi) is 1.86. The number of hydrogen-bond acceptors (Lipinski definition) is 2. The Labute approximate surface area is 86.9 Å². The first-order valence-corrected chi connectivity index (χ1v) is 5.04. The summed E-state index contributed by atoms with van der Waals surface area (Å²) in [7, 11) is 0. The number of epoxide rings is 1. The summed E-state index contributed by atoms with van der Waals surface area (Å²) in [6.45, 7) is 1.67. The van der Waals surface area contributed by atoms with Crippen LogP contribution in [0.5, 0.6) is 0 Å². The van der Waals surface area contributed by atoms with Crippen LogP contribution >= 0.6 is 0 Å². The third-order valence-corrected chi connectivity index (χ3v) is 2.69. The van der Waals surface area contributed by atoms with Gasteiger partial charge < -0.3 is 9.30 Å². The van der Waals surface area contributed by atoms with Crippen LogP contribution in [-0.2, 0) is 11.3 Å². The first kappa shape index (κ1) is 8.68. The molecule has 1 atom stereocenters. The van der Waals surface area contributed by atoms with Crippen LogP contribution in [-0.4, -0.2) is 17.3 Å². The molecule has 0 spiro atoms. The van der Waals surface area contributed by atoms with Gasteiger partial charge in [0.05, 0.1) is 24.8 Å². The van der Waals surface area contributed by atoms with Crippen molar-refractivity contribution >= 4 is 10.9 Å². The van der Waals surface area contributed by atoms with Gasteiger partial charge in [0.1, 0.15) is 0 Å². The first-order chi connectivity index (χ1) is 7.34. The summed E-state index contributed by atoms with van der Waals surface area (Å²) in [6, 6.07) is 9.29. The molecular weight excluding hydrogens is 190 g/mol. The number of rotatable bonds is 2. The zero-order chi connectivity index (χ0) is 10.3. The molecule has 0 aliphatic carbocycles. The molecule has 3 heteroatoms. The molecule has 1 aromatic heterocycles. The van der Waals surface area contributed by atoms with Crippen LogP contribution in [0.1, 0.15) is 0 Å². The summed E-state index contributed by atoms with van der Waals surface area (Å²) < 4.78 is 7.27. The topological polar surface area (TPSA) is 34.5 Å². The highest BCUT2D eigenvalue weighted by molar-refractivity contribution is 5.78. The van der Waals surface area contributed by atoms with E-state index in [2.05, 4.69) is 4.57 Å². The summed E-state index contributed by atoms with van der Waals surface area (Å²) >= 11 is 0. The van der Waals surface area contributed by atoms with Crippen LogP contribution < -0.4 is 5.43 Å². The maximum Gasteiger partial charge on any atom is 0.189 e. The Morgan fingerprint density at radius 1 is 1.33 bits per heavy atom. The lowest BCUT2D eigenvalue weighted by Crippen LogP contribution is -2.10. The standard InChI is InChI=1S/C12H11NO2/c14-12-5-6-13(7-9-8-15-9)11-4-2-1-3-10(11)12/h1-6,9H,7-8H2. The highest BCUT2D eigenvalue weighted by atomic mass is 16.6. The zero-order valence-electron chi connectivity index (χ0n) is 8.22. The summed E-state index contributed by atoms with van der Waals surface area (Å²) in [5.41, 5.74) is 1.07. The monoisotopic (exact) mass is 201 g/mol. The summed E-state index contributed by atoms with van der Waals surface area (Å²) in [5.74, 6) is 0. The molecule has 0 saturated carbocycles. The molecule has 2 aromatic rings. The lowest BCUT2D eigenvalue weighted by Gasteiger charge is -2.08. The average molecular weight is 201 g/mol. The van der Waals surface area contributed by atoms with Crippen LogP contribution in [0.3, 0.4) is 0 Å². The highest BCUT2D eigenvalue weighted by Crippen LogP contribution is 2.15. The second-order valence-electron chi connectivity index (χ2n) is 3.80. The van der Waals surface area contributed by atoms with Crippen molar-refractivity contribution in [1.82, 2.24) is 4.57 Å². The zero-order valence-corrected chi connectivity index (χ0v) is 8.22. The number of pyridine rings is 1. The summed E-state index contributed by atoms with van der Waals surface area (Å²) in [6.07, 6.45) is 2.17. The van der Waals surface area contributed by atoms with Gasteiger partial charge in [0.25, 0.3) is 0 Å². The summed E-state index contributed by atoms with van der Waals surface area (Å²) in [4.78, 5) is 11.6. The van der Waals surface area contributed by atoms with Crippen molar-refractivity contribution in [2.24, 2.45) is 0 Å². The van der Waals surface area contributed by atoms with E-state index in [4.69, 9.17) is 4.74 Å². The molecule has 1 fully saturated rings. The van der Waals surface area contributed by atoms with Crippen molar-refractivity contribution in [3.05, 3.63) is 46.8 Å². The van der Waals surface area contributed by atoms with Crippen molar-refractivity contribution in [2.75, 3.05) is 6.61 Å². The number of ether oxygens (including phenoxy) is 1. The lowest BCUT2D eigenvalue weighted by atomic mass is 10.2. The lowest BCUT2D eigenvalue weighted by molar-refractivity contribution is 0.385. The molecular formula is C12H11NO2. The average Bonchev–Trinajstić information content (AvgIpc) is 3.07. The third-order valence-electron chi connectivity index (χ3n) is 2.69. The maximum absolute atomic E-state index is 11.6. The predicted molar refractivity (Wildman–Crippen MR) is 57.9 cm³/mol. The van der Waals surface area contributed by atoms with E-state index >= 15 is 0 Å². The van der Waals surface area contributed by atoms with Crippen LogP contribution in [0.4, 0.5) is 0 Å². The number of hydrogen-bond donors (Lipinski definition) is 0. The molecule has 0 N–H and O–H groups in total. The third kappa shape index (κ3) is 1.55. The van der Waals surface area contributed by atoms with E-state index in [9.17, 15) is 4.79 Å². The molecule has 3 rings (SSSR count). The minimum atomic E-state index is 0.0820. The Bertz CT molecular complexity index is 555. The van der Waals surface area contributed by atoms with Crippen LogP contribution in [0, 0.1) is 0 Å². The van der Waals surface area contributed by atoms with Crippen molar-refractivity contribution in [3.63, 3.8) is 0 Å². The Morgan fingerprint density at radius 2 is 2.13 bits per heavy atom. The second-order valence-corrected chi connectivity index (χ2v) is 3.80. The van der Waals surface area contributed by atoms with E-state index < -0.39 is 0 Å². The fourth-order valence-electron chi connectivity index (χ4n) is 1.81. The highest BCUT2D eigenvalue weighted by Gasteiger charge is 2.22. The fourth-order valence-corrected chi connectivity index (χ4v) is 1.81. The molecule has 2 heterocycles. The van der Waals surface area contributed by atoms with Gasteiger partial charge in [0.15, 0.2) is 5.43 Å². The smallest absolute Gasteiger partial charge is 0.189 e.